The Morgan fingerprint density at radius 3 is 2.96 bits per heavy atom. The molecular formula is C19H18ClN3O2S. The normalized spacial score (nSPS) is 15.8. The molecule has 0 aliphatic heterocycles. The molecular weight excluding hydrogens is 370 g/mol. The lowest BCUT2D eigenvalue weighted by molar-refractivity contribution is 0.208. The molecule has 7 heteroatoms. The Balaban J connectivity index is 1.87. The van der Waals surface area contributed by atoms with Gasteiger partial charge in [0.1, 0.15) is 9.53 Å². The summed E-state index contributed by atoms with van der Waals surface area (Å²) in [6, 6.07) is 3.84. The topological polar surface area (TPSA) is 67.2 Å². The molecule has 0 saturated carbocycles. The van der Waals surface area contributed by atoms with Crippen molar-refractivity contribution in [1.82, 2.24) is 9.55 Å². The van der Waals surface area contributed by atoms with Gasteiger partial charge in [0.25, 0.3) is 5.56 Å². The molecule has 1 aliphatic carbocycles. The zero-order chi connectivity index (χ0) is 18.3. The second-order valence-electron chi connectivity index (χ2n) is 6.38. The van der Waals surface area contributed by atoms with Gasteiger partial charge in [-0.05, 0) is 44.1 Å². The van der Waals surface area contributed by atoms with Gasteiger partial charge in [0, 0.05) is 46.1 Å². The first kappa shape index (κ1) is 17.3. The number of hydrogen-bond acceptors (Lipinski definition) is 5. The van der Waals surface area contributed by atoms with Gasteiger partial charge in [-0.1, -0.05) is 11.6 Å². The highest BCUT2D eigenvalue weighted by molar-refractivity contribution is 7.25. The number of aromatic nitrogens is 2. The van der Waals surface area contributed by atoms with E-state index in [1.807, 2.05) is 30.5 Å². The number of thiophene rings is 1. The summed E-state index contributed by atoms with van der Waals surface area (Å²) in [6.07, 6.45) is 8.32. The van der Waals surface area contributed by atoms with Crippen molar-refractivity contribution in [2.24, 2.45) is 0 Å². The summed E-state index contributed by atoms with van der Waals surface area (Å²) in [4.78, 5) is 18.3. The lowest BCUT2D eigenvalue weighted by Crippen LogP contribution is -2.18. The SMILES string of the molecule is C[C@@H](O)CNc1ccnc2sc3c(=O)n(C4=CC=C(Cl)CC4)ccc3c12. The van der Waals surface area contributed by atoms with E-state index in [2.05, 4.69) is 10.3 Å². The number of hydrogen-bond donors (Lipinski definition) is 2. The highest BCUT2D eigenvalue weighted by Crippen LogP contribution is 2.35. The van der Waals surface area contributed by atoms with Crippen molar-refractivity contribution >= 4 is 54.6 Å². The van der Waals surface area contributed by atoms with Gasteiger partial charge in [0.15, 0.2) is 0 Å². The highest BCUT2D eigenvalue weighted by Gasteiger charge is 2.16. The summed E-state index contributed by atoms with van der Waals surface area (Å²) in [5, 5.41) is 15.4. The van der Waals surface area contributed by atoms with Gasteiger partial charge in [-0.2, -0.15) is 0 Å². The number of nitrogens with zero attached hydrogens (tertiary/aromatic N) is 2. The molecule has 3 aromatic heterocycles. The average molecular weight is 388 g/mol. The van der Waals surface area contributed by atoms with Crippen molar-refractivity contribution in [3.8, 4) is 0 Å². The molecule has 0 saturated heterocycles. The number of halogens is 1. The molecule has 0 aromatic carbocycles. The fourth-order valence-electron chi connectivity index (χ4n) is 3.12. The molecule has 3 aromatic rings. The maximum Gasteiger partial charge on any atom is 0.272 e. The molecule has 0 amide bonds. The predicted molar refractivity (Wildman–Crippen MR) is 109 cm³/mol. The van der Waals surface area contributed by atoms with E-state index < -0.39 is 6.10 Å². The van der Waals surface area contributed by atoms with Crippen LogP contribution in [0.2, 0.25) is 0 Å². The maximum absolute atomic E-state index is 13.0. The van der Waals surface area contributed by atoms with Gasteiger partial charge in [0.05, 0.1) is 6.10 Å². The number of rotatable bonds is 4. The predicted octanol–water partition coefficient (Wildman–Crippen LogP) is 4.16. The second kappa shape index (κ2) is 6.87. The number of pyridine rings is 2. The first-order valence-electron chi connectivity index (χ1n) is 8.45. The molecule has 0 fully saturated rings. The number of aliphatic hydroxyl groups excluding tert-OH is 1. The molecule has 26 heavy (non-hydrogen) atoms. The van der Waals surface area contributed by atoms with E-state index >= 15 is 0 Å². The molecule has 4 rings (SSSR count). The fourth-order valence-corrected chi connectivity index (χ4v) is 4.37. The third-order valence-electron chi connectivity index (χ3n) is 4.41. The van der Waals surface area contributed by atoms with Gasteiger partial charge in [-0.15, -0.1) is 11.3 Å². The van der Waals surface area contributed by atoms with Crippen LogP contribution in [0.1, 0.15) is 19.8 Å². The van der Waals surface area contributed by atoms with E-state index in [1.165, 1.54) is 11.3 Å². The van der Waals surface area contributed by atoms with Gasteiger partial charge in [0.2, 0.25) is 0 Å². The standard InChI is InChI=1S/C19H18ClN3O2S/c1-11(24)10-22-15-6-8-21-18-16(15)14-7-9-23(19(25)17(14)26-18)13-4-2-12(20)3-5-13/h2,4,6-9,11,24H,3,5,10H2,1H3,(H,21,22)/t11-/m1/s1. The zero-order valence-corrected chi connectivity index (χ0v) is 15.8. The Morgan fingerprint density at radius 1 is 1.38 bits per heavy atom. The van der Waals surface area contributed by atoms with Crippen LogP contribution in [-0.4, -0.2) is 27.3 Å². The Labute approximate surface area is 159 Å². The molecule has 0 bridgehead atoms. The number of aliphatic hydroxyl groups is 1. The summed E-state index contributed by atoms with van der Waals surface area (Å²) in [7, 11) is 0. The number of anilines is 1. The number of nitrogens with one attached hydrogen (secondary N) is 1. The lowest BCUT2D eigenvalue weighted by Gasteiger charge is -2.13. The van der Waals surface area contributed by atoms with Crippen LogP contribution in [0.15, 0.2) is 46.5 Å². The van der Waals surface area contributed by atoms with Crippen molar-refractivity contribution in [2.45, 2.75) is 25.9 Å². The molecule has 1 aliphatic rings. The van der Waals surface area contributed by atoms with E-state index in [0.29, 0.717) is 11.2 Å². The van der Waals surface area contributed by atoms with Crippen molar-refractivity contribution in [3.63, 3.8) is 0 Å². The molecule has 0 spiro atoms. The minimum atomic E-state index is -0.460. The van der Waals surface area contributed by atoms with Gasteiger partial charge in [-0.3, -0.25) is 9.36 Å². The molecule has 0 radical (unpaired) electrons. The molecule has 134 valence electrons. The van der Waals surface area contributed by atoms with Gasteiger partial charge in [-0.25, -0.2) is 4.98 Å². The molecule has 1 atom stereocenters. The summed E-state index contributed by atoms with van der Waals surface area (Å²) in [5.74, 6) is 0. The van der Waals surface area contributed by atoms with Crippen LogP contribution in [-0.2, 0) is 0 Å². The third kappa shape index (κ3) is 3.05. The van der Waals surface area contributed by atoms with E-state index in [1.54, 1.807) is 17.7 Å². The Morgan fingerprint density at radius 2 is 2.23 bits per heavy atom. The Kier molecular flexibility index (Phi) is 4.56. The quantitative estimate of drug-likeness (QED) is 0.705. The van der Waals surface area contributed by atoms with Crippen LogP contribution >= 0.6 is 22.9 Å². The summed E-state index contributed by atoms with van der Waals surface area (Å²) in [6.45, 7) is 2.17. The van der Waals surface area contributed by atoms with E-state index in [0.717, 1.165) is 44.9 Å². The van der Waals surface area contributed by atoms with E-state index in [-0.39, 0.29) is 5.56 Å². The van der Waals surface area contributed by atoms with Gasteiger partial charge >= 0.3 is 0 Å². The Hall–Kier alpha value is -2.15. The van der Waals surface area contributed by atoms with Crippen molar-refractivity contribution < 1.29 is 5.11 Å². The maximum atomic E-state index is 13.0. The molecule has 3 heterocycles. The summed E-state index contributed by atoms with van der Waals surface area (Å²) in [5.41, 5.74) is 1.79. The number of allylic oxidation sites excluding steroid dienone is 4. The van der Waals surface area contributed by atoms with Crippen molar-refractivity contribution in [2.75, 3.05) is 11.9 Å². The van der Waals surface area contributed by atoms with Crippen LogP contribution in [0.25, 0.3) is 26.0 Å². The van der Waals surface area contributed by atoms with Crippen molar-refractivity contribution in [1.29, 1.82) is 0 Å². The molecule has 5 nitrogen and oxygen atoms in total. The van der Waals surface area contributed by atoms with Crippen LogP contribution in [0, 0.1) is 0 Å². The second-order valence-corrected chi connectivity index (χ2v) is 7.86. The molecule has 2 N–H and O–H groups in total. The van der Waals surface area contributed by atoms with Crippen LogP contribution < -0.4 is 10.9 Å². The van der Waals surface area contributed by atoms with Crippen LogP contribution in [0.4, 0.5) is 5.69 Å². The van der Waals surface area contributed by atoms with Crippen LogP contribution in [0.3, 0.4) is 0 Å². The monoisotopic (exact) mass is 387 g/mol. The zero-order valence-electron chi connectivity index (χ0n) is 14.2. The highest BCUT2D eigenvalue weighted by atomic mass is 35.5. The smallest absolute Gasteiger partial charge is 0.272 e. The molecule has 0 unspecified atom stereocenters. The lowest BCUT2D eigenvalue weighted by atomic mass is 10.1. The van der Waals surface area contributed by atoms with Crippen molar-refractivity contribution in [3.05, 3.63) is 52.1 Å². The first-order chi connectivity index (χ1) is 12.5. The van der Waals surface area contributed by atoms with Crippen LogP contribution in [0.5, 0.6) is 0 Å². The summed E-state index contributed by atoms with van der Waals surface area (Å²) >= 11 is 7.42. The van der Waals surface area contributed by atoms with E-state index in [4.69, 9.17) is 11.6 Å². The third-order valence-corrected chi connectivity index (χ3v) is 5.82. The average Bonchev–Trinajstić information content (AvgIpc) is 3.01. The largest absolute Gasteiger partial charge is 0.392 e. The number of fused-ring (bicyclic) bond motifs is 3. The minimum absolute atomic E-state index is 0.0374. The van der Waals surface area contributed by atoms with Gasteiger partial charge < -0.3 is 10.4 Å². The summed E-state index contributed by atoms with van der Waals surface area (Å²) < 4.78 is 2.38. The fraction of sp³-hybridized carbons (Fsp3) is 0.263. The Bertz CT molecular complexity index is 1110. The first-order valence-corrected chi connectivity index (χ1v) is 9.64. The van der Waals surface area contributed by atoms with E-state index in [9.17, 15) is 9.90 Å². The minimum Gasteiger partial charge on any atom is -0.392 e.